The summed E-state index contributed by atoms with van der Waals surface area (Å²) in [5, 5.41) is 2.03. The van der Waals surface area contributed by atoms with Crippen LogP contribution in [0.25, 0.3) is 32.5 Å². The van der Waals surface area contributed by atoms with E-state index in [9.17, 15) is 0 Å². The monoisotopic (exact) mass is 1330 g/mol. The zero-order chi connectivity index (χ0) is 58.2. The summed E-state index contributed by atoms with van der Waals surface area (Å²) in [6, 6.07) is 14.3. The molecule has 0 aliphatic heterocycles. The number of hydrogen-bond acceptors (Lipinski definition) is 12. The maximum Gasteiger partial charge on any atom is 0.190 e. The summed E-state index contributed by atoms with van der Waals surface area (Å²) >= 11 is 12.8. The van der Waals surface area contributed by atoms with Gasteiger partial charge >= 0.3 is 0 Å². The molecule has 0 N–H and O–H groups in total. The molecule has 6 aromatic rings. The minimum absolute atomic E-state index is 0.702. The lowest BCUT2D eigenvalue weighted by atomic mass is 10.1. The Morgan fingerprint density at radius 2 is 0.744 bits per heavy atom. The first-order valence-electron chi connectivity index (χ1n) is 33.0. The van der Waals surface area contributed by atoms with E-state index in [-0.39, 0.29) is 0 Å². The first kappa shape index (κ1) is 72.1. The van der Waals surface area contributed by atoms with Gasteiger partial charge in [0.1, 0.15) is 16.6 Å². The Bertz CT molecular complexity index is 2390. The molecule has 14 heteroatoms. The normalized spacial score (nSPS) is 11.2. The maximum atomic E-state index is 6.54. The lowest BCUT2D eigenvalue weighted by Crippen LogP contribution is -2.04. The number of aromatic nitrogens is 4. The van der Waals surface area contributed by atoms with Crippen molar-refractivity contribution in [3.63, 3.8) is 0 Å². The van der Waals surface area contributed by atoms with Crippen LogP contribution in [0.5, 0.6) is 23.0 Å². The third kappa shape index (κ3) is 32.4. The van der Waals surface area contributed by atoms with Crippen LogP contribution < -0.4 is 18.9 Å². The standard InChI is InChI=1S/C34H53BrN2O2S2.C30H52N2O2S.C4H3BrS/c1-3-5-7-9-11-13-15-17-19-21-25-38-29-27-28-33(37-41-36-28)32(30-23-24-31(35)40-30)34(29)39-26-22-20-18-16-14-12-10-8-6-4-2;1-3-5-7-9-11-13-15-17-19-21-25-33-28-24-23-27-29(32-35-31-27)30(28)34-26-22-20-18-16-14-12-10-8-6-4-2;5-4-2-1-3-6-4/h23-24,27H,3-22,25-26H2,1-2H3;23-24H,3-22,25-26H2,1-2H3;1-3H. The summed E-state index contributed by atoms with van der Waals surface area (Å²) in [7, 11) is 0. The summed E-state index contributed by atoms with van der Waals surface area (Å²) in [5.74, 6) is 3.27. The average Bonchev–Trinajstić information content (AvgIpc) is 4.33. The molecule has 0 aliphatic rings. The van der Waals surface area contributed by atoms with Crippen molar-refractivity contribution in [2.45, 2.75) is 285 Å². The number of nitrogens with zero attached hydrogens (tertiary/aromatic N) is 4. The van der Waals surface area contributed by atoms with Crippen LogP contribution in [0.1, 0.15) is 285 Å². The van der Waals surface area contributed by atoms with Crippen LogP contribution in [0.4, 0.5) is 0 Å². The van der Waals surface area contributed by atoms with Crippen molar-refractivity contribution in [3.8, 4) is 33.4 Å². The molecule has 4 heterocycles. The molecule has 0 bridgehead atoms. The van der Waals surface area contributed by atoms with Gasteiger partial charge in [-0.3, -0.25) is 0 Å². The molecule has 0 aliphatic carbocycles. The minimum atomic E-state index is 0.702. The van der Waals surface area contributed by atoms with Crippen LogP contribution in [-0.4, -0.2) is 43.9 Å². The fourth-order valence-corrected chi connectivity index (χ4v) is 13.6. The Morgan fingerprint density at radius 3 is 1.13 bits per heavy atom. The number of unbranched alkanes of at least 4 members (excludes halogenated alkanes) is 36. The number of thiophene rings is 2. The van der Waals surface area contributed by atoms with E-state index in [0.29, 0.717) is 13.2 Å². The highest BCUT2D eigenvalue weighted by atomic mass is 79.9. The Balaban J connectivity index is 0.000000322. The molecule has 0 saturated heterocycles. The summed E-state index contributed by atoms with van der Waals surface area (Å²) in [6.45, 7) is 12.0. The fraction of sp³-hybridized carbons (Fsp3) is 0.706. The number of rotatable bonds is 49. The Hall–Kier alpha value is -2.36. The molecule has 0 amide bonds. The molecular weight excluding hydrogens is 1220 g/mol. The van der Waals surface area contributed by atoms with Gasteiger partial charge in [0.2, 0.25) is 0 Å². The van der Waals surface area contributed by atoms with Crippen molar-refractivity contribution in [1.29, 1.82) is 0 Å². The van der Waals surface area contributed by atoms with Gasteiger partial charge in [-0.05, 0) is 93.3 Å². The van der Waals surface area contributed by atoms with Crippen molar-refractivity contribution in [2.75, 3.05) is 26.4 Å². The van der Waals surface area contributed by atoms with Gasteiger partial charge in [-0.1, -0.05) is 265 Å². The highest BCUT2D eigenvalue weighted by Crippen LogP contribution is 2.47. The van der Waals surface area contributed by atoms with E-state index in [1.54, 1.807) is 22.7 Å². The van der Waals surface area contributed by atoms with Gasteiger partial charge in [0, 0.05) is 10.9 Å². The maximum absolute atomic E-state index is 6.54. The lowest BCUT2D eigenvalue weighted by Gasteiger charge is -2.17. The van der Waals surface area contributed by atoms with Crippen molar-refractivity contribution in [2.24, 2.45) is 0 Å². The fourth-order valence-electron chi connectivity index (χ4n) is 10.2. The molecule has 462 valence electrons. The van der Waals surface area contributed by atoms with Crippen LogP contribution in [0.2, 0.25) is 0 Å². The van der Waals surface area contributed by atoms with Gasteiger partial charge in [0.15, 0.2) is 28.5 Å². The quantitative estimate of drug-likeness (QED) is 0.0349. The zero-order valence-corrected chi connectivity index (χ0v) is 58.0. The van der Waals surface area contributed by atoms with E-state index in [1.807, 2.05) is 35.7 Å². The number of ether oxygens (including phenoxy) is 4. The molecular formula is C68H108Br2N4O4S4. The van der Waals surface area contributed by atoms with E-state index in [1.165, 1.54) is 258 Å². The Labute approximate surface area is 532 Å². The van der Waals surface area contributed by atoms with E-state index >= 15 is 0 Å². The van der Waals surface area contributed by atoms with Gasteiger partial charge in [0.05, 0.1) is 63.0 Å². The van der Waals surface area contributed by atoms with Gasteiger partial charge in [-0.25, -0.2) is 0 Å². The molecule has 0 fully saturated rings. The number of halogens is 2. The van der Waals surface area contributed by atoms with Crippen LogP contribution in [-0.2, 0) is 0 Å². The van der Waals surface area contributed by atoms with E-state index in [4.69, 9.17) is 18.9 Å². The van der Waals surface area contributed by atoms with Crippen molar-refractivity contribution in [1.82, 2.24) is 17.5 Å². The minimum Gasteiger partial charge on any atom is -0.490 e. The predicted molar refractivity (Wildman–Crippen MR) is 367 cm³/mol. The molecule has 2 aromatic carbocycles. The predicted octanol–water partition coefficient (Wildman–Crippen LogP) is 25.6. The van der Waals surface area contributed by atoms with Gasteiger partial charge in [-0.15, -0.1) is 22.7 Å². The molecule has 0 unspecified atom stereocenters. The molecule has 0 atom stereocenters. The summed E-state index contributed by atoms with van der Waals surface area (Å²) in [6.07, 6.45) is 53.0. The zero-order valence-electron chi connectivity index (χ0n) is 51.5. The molecule has 6 rings (SSSR count). The first-order chi connectivity index (χ1) is 40.5. The highest BCUT2D eigenvalue weighted by Gasteiger charge is 2.22. The van der Waals surface area contributed by atoms with Gasteiger partial charge < -0.3 is 18.9 Å². The largest absolute Gasteiger partial charge is 0.490 e. The SMILES string of the molecule is Brc1cccs1.CCCCCCCCCCCCOc1cc2nsnc2c(-c2ccc(Br)s2)c1OCCCCCCCCCCCC.CCCCCCCCCCCCOc1ccc2nsnc2c1OCCCCCCCCCCCC. The van der Waals surface area contributed by atoms with E-state index in [0.717, 1.165) is 98.2 Å². The highest BCUT2D eigenvalue weighted by molar-refractivity contribution is 9.11. The van der Waals surface area contributed by atoms with Crippen LogP contribution in [0, 0.1) is 0 Å². The van der Waals surface area contributed by atoms with Crippen LogP contribution >= 0.6 is 78.0 Å². The summed E-state index contributed by atoms with van der Waals surface area (Å²) in [4.78, 5) is 1.14. The lowest BCUT2D eigenvalue weighted by molar-refractivity contribution is 0.259. The van der Waals surface area contributed by atoms with Crippen molar-refractivity contribution < 1.29 is 18.9 Å². The van der Waals surface area contributed by atoms with Crippen LogP contribution in [0.15, 0.2) is 55.4 Å². The third-order valence-corrected chi connectivity index (χ3v) is 19.3. The third-order valence-electron chi connectivity index (χ3n) is 15.1. The number of fused-ring (bicyclic) bond motifs is 2. The second-order valence-electron chi connectivity index (χ2n) is 22.4. The molecule has 82 heavy (non-hydrogen) atoms. The summed E-state index contributed by atoms with van der Waals surface area (Å²) in [5.41, 5.74) is 4.58. The van der Waals surface area contributed by atoms with E-state index < -0.39 is 0 Å². The van der Waals surface area contributed by atoms with Crippen molar-refractivity contribution >= 4 is 100 Å². The molecule has 0 spiro atoms. The Kier molecular flexibility index (Phi) is 43.7. The van der Waals surface area contributed by atoms with Gasteiger partial charge in [0.25, 0.3) is 0 Å². The molecule has 0 radical (unpaired) electrons. The summed E-state index contributed by atoms with van der Waals surface area (Å²) < 4.78 is 45.7. The second kappa shape index (κ2) is 49.7. The Morgan fingerprint density at radius 1 is 0.354 bits per heavy atom. The van der Waals surface area contributed by atoms with E-state index in [2.05, 4.69) is 89.2 Å². The molecule has 0 saturated carbocycles. The first-order valence-corrected chi connectivity index (χ1v) is 37.7. The number of hydrogen-bond donors (Lipinski definition) is 0. The smallest absolute Gasteiger partial charge is 0.190 e. The van der Waals surface area contributed by atoms with Gasteiger partial charge in [-0.2, -0.15) is 17.5 Å². The molecule has 8 nitrogen and oxygen atoms in total. The number of benzene rings is 2. The molecule has 4 aromatic heterocycles. The second-order valence-corrected chi connectivity index (χ2v) is 28.2. The topological polar surface area (TPSA) is 88.5 Å². The van der Waals surface area contributed by atoms with Crippen molar-refractivity contribution in [3.05, 3.63) is 55.4 Å². The van der Waals surface area contributed by atoms with Crippen LogP contribution in [0.3, 0.4) is 0 Å². The average molecular weight is 1330 g/mol.